The first-order valence-electron chi connectivity index (χ1n) is 5.20. The highest BCUT2D eigenvalue weighted by atomic mass is 35.5. The Bertz CT molecular complexity index is 483. The minimum absolute atomic E-state index is 0.693. The van der Waals surface area contributed by atoms with Crippen molar-refractivity contribution in [1.29, 1.82) is 0 Å². The topological polar surface area (TPSA) is 26.0 Å². The van der Waals surface area contributed by atoms with E-state index in [0.717, 1.165) is 11.1 Å². The van der Waals surface area contributed by atoms with Crippen molar-refractivity contribution in [3.8, 4) is 11.1 Å². The van der Waals surface area contributed by atoms with Crippen molar-refractivity contribution in [3.63, 3.8) is 0 Å². The lowest BCUT2D eigenvalue weighted by Crippen LogP contribution is -1.88. The summed E-state index contributed by atoms with van der Waals surface area (Å²) in [5.74, 6) is 0. The van der Waals surface area contributed by atoms with Crippen molar-refractivity contribution in [2.75, 3.05) is 5.73 Å². The fraction of sp³-hybridized carbons (Fsp3) is 0.143. The largest absolute Gasteiger partial charge is 0.399 e. The maximum absolute atomic E-state index is 6.20. The Morgan fingerprint density at radius 1 is 0.938 bits per heavy atom. The molecule has 0 amide bonds. The molecule has 0 fully saturated rings. The molecule has 1 nitrogen and oxygen atoms in total. The molecular weight excluding hydrogens is 218 g/mol. The van der Waals surface area contributed by atoms with E-state index in [1.54, 1.807) is 6.07 Å². The highest BCUT2D eigenvalue weighted by molar-refractivity contribution is 6.33. The first-order valence-corrected chi connectivity index (χ1v) is 5.58. The molecule has 0 saturated carbocycles. The van der Waals surface area contributed by atoms with Gasteiger partial charge in [0.05, 0.1) is 5.02 Å². The Labute approximate surface area is 101 Å². The van der Waals surface area contributed by atoms with Gasteiger partial charge in [0.1, 0.15) is 0 Å². The second-order valence-corrected chi connectivity index (χ2v) is 4.46. The van der Waals surface area contributed by atoms with E-state index in [0.29, 0.717) is 10.7 Å². The molecule has 0 aliphatic rings. The fourth-order valence-electron chi connectivity index (χ4n) is 1.87. The summed E-state index contributed by atoms with van der Waals surface area (Å²) in [5, 5.41) is 0.701. The molecule has 0 heterocycles. The number of hydrogen-bond donors (Lipinski definition) is 1. The molecular formula is C14H14ClN. The van der Waals surface area contributed by atoms with E-state index in [1.807, 2.05) is 12.1 Å². The molecule has 2 aromatic carbocycles. The van der Waals surface area contributed by atoms with Crippen LogP contribution in [0.1, 0.15) is 11.1 Å². The van der Waals surface area contributed by atoms with Gasteiger partial charge in [-0.25, -0.2) is 0 Å². The van der Waals surface area contributed by atoms with Crippen LogP contribution in [0.4, 0.5) is 5.69 Å². The number of benzene rings is 2. The molecule has 82 valence electrons. The van der Waals surface area contributed by atoms with Gasteiger partial charge < -0.3 is 5.73 Å². The molecule has 0 bridgehead atoms. The Morgan fingerprint density at radius 2 is 1.62 bits per heavy atom. The van der Waals surface area contributed by atoms with Crippen molar-refractivity contribution in [3.05, 3.63) is 52.5 Å². The van der Waals surface area contributed by atoms with Crippen LogP contribution in [0.25, 0.3) is 11.1 Å². The molecule has 0 radical (unpaired) electrons. The molecule has 0 atom stereocenters. The molecule has 2 N–H and O–H groups in total. The number of nitrogens with two attached hydrogens (primary N) is 1. The van der Waals surface area contributed by atoms with Crippen molar-refractivity contribution >= 4 is 17.3 Å². The monoisotopic (exact) mass is 231 g/mol. The lowest BCUT2D eigenvalue weighted by atomic mass is 9.98. The van der Waals surface area contributed by atoms with Gasteiger partial charge in [0.15, 0.2) is 0 Å². The SMILES string of the molecule is Cc1ccc(-c2ccc(N)cc2Cl)c(C)c1. The second kappa shape index (κ2) is 4.18. The predicted octanol–water partition coefficient (Wildman–Crippen LogP) is 4.21. The van der Waals surface area contributed by atoms with E-state index < -0.39 is 0 Å². The number of rotatable bonds is 1. The lowest BCUT2D eigenvalue weighted by molar-refractivity contribution is 1.38. The third-order valence-electron chi connectivity index (χ3n) is 2.67. The van der Waals surface area contributed by atoms with Gasteiger partial charge in [0.2, 0.25) is 0 Å². The minimum atomic E-state index is 0.693. The quantitative estimate of drug-likeness (QED) is 0.732. The number of aryl methyl sites for hydroxylation is 2. The summed E-state index contributed by atoms with van der Waals surface area (Å²) in [6, 6.07) is 12.0. The Morgan fingerprint density at radius 3 is 2.25 bits per heavy atom. The van der Waals surface area contributed by atoms with Gasteiger partial charge in [-0.1, -0.05) is 41.4 Å². The van der Waals surface area contributed by atoms with Gasteiger partial charge in [0.25, 0.3) is 0 Å². The molecule has 2 rings (SSSR count). The summed E-state index contributed by atoms with van der Waals surface area (Å²) in [7, 11) is 0. The van der Waals surface area contributed by atoms with Crippen LogP contribution in [0, 0.1) is 13.8 Å². The summed E-state index contributed by atoms with van der Waals surface area (Å²) >= 11 is 6.20. The second-order valence-electron chi connectivity index (χ2n) is 4.06. The van der Waals surface area contributed by atoms with Crippen molar-refractivity contribution in [1.82, 2.24) is 0 Å². The molecule has 0 spiro atoms. The van der Waals surface area contributed by atoms with Crippen LogP contribution in [0.5, 0.6) is 0 Å². The summed E-state index contributed by atoms with van der Waals surface area (Å²) < 4.78 is 0. The highest BCUT2D eigenvalue weighted by Gasteiger charge is 2.06. The molecule has 16 heavy (non-hydrogen) atoms. The van der Waals surface area contributed by atoms with E-state index >= 15 is 0 Å². The Balaban J connectivity index is 2.59. The van der Waals surface area contributed by atoms with Crippen molar-refractivity contribution in [2.45, 2.75) is 13.8 Å². The van der Waals surface area contributed by atoms with Gasteiger partial charge >= 0.3 is 0 Å². The van der Waals surface area contributed by atoms with Crippen LogP contribution in [-0.4, -0.2) is 0 Å². The number of nitrogen functional groups attached to an aromatic ring is 1. The summed E-state index contributed by atoms with van der Waals surface area (Å²) in [4.78, 5) is 0. The van der Waals surface area contributed by atoms with E-state index in [1.165, 1.54) is 11.1 Å². The minimum Gasteiger partial charge on any atom is -0.399 e. The first kappa shape index (κ1) is 11.0. The summed E-state index contributed by atoms with van der Waals surface area (Å²) in [5.41, 5.74) is 11.1. The molecule has 0 aliphatic carbocycles. The van der Waals surface area contributed by atoms with Crippen LogP contribution >= 0.6 is 11.6 Å². The van der Waals surface area contributed by atoms with E-state index in [2.05, 4.69) is 32.0 Å². The smallest absolute Gasteiger partial charge is 0.0504 e. The zero-order valence-electron chi connectivity index (χ0n) is 9.42. The number of halogens is 1. The predicted molar refractivity (Wildman–Crippen MR) is 70.8 cm³/mol. The fourth-order valence-corrected chi connectivity index (χ4v) is 2.16. The normalized spacial score (nSPS) is 10.4. The van der Waals surface area contributed by atoms with Gasteiger partial charge in [0, 0.05) is 11.3 Å². The maximum Gasteiger partial charge on any atom is 0.0504 e. The first-order chi connectivity index (χ1) is 7.58. The van der Waals surface area contributed by atoms with Crippen LogP contribution in [0.2, 0.25) is 5.02 Å². The van der Waals surface area contributed by atoms with Gasteiger partial charge in [-0.15, -0.1) is 0 Å². The number of hydrogen-bond acceptors (Lipinski definition) is 1. The Kier molecular flexibility index (Phi) is 2.88. The molecule has 0 aliphatic heterocycles. The van der Waals surface area contributed by atoms with Gasteiger partial charge in [-0.3, -0.25) is 0 Å². The van der Waals surface area contributed by atoms with Crippen LogP contribution in [0.15, 0.2) is 36.4 Å². The molecule has 2 aromatic rings. The van der Waals surface area contributed by atoms with Crippen molar-refractivity contribution in [2.24, 2.45) is 0 Å². The zero-order chi connectivity index (χ0) is 11.7. The number of anilines is 1. The van der Waals surface area contributed by atoms with E-state index in [9.17, 15) is 0 Å². The van der Waals surface area contributed by atoms with Gasteiger partial charge in [-0.05, 0) is 37.1 Å². The summed E-state index contributed by atoms with van der Waals surface area (Å²) in [6.07, 6.45) is 0. The van der Waals surface area contributed by atoms with Crippen LogP contribution in [0.3, 0.4) is 0 Å². The van der Waals surface area contributed by atoms with Crippen molar-refractivity contribution < 1.29 is 0 Å². The Hall–Kier alpha value is -1.47. The van der Waals surface area contributed by atoms with E-state index in [-0.39, 0.29) is 0 Å². The molecule has 0 saturated heterocycles. The molecule has 2 heteroatoms. The highest BCUT2D eigenvalue weighted by Crippen LogP contribution is 2.31. The standard InChI is InChI=1S/C14H14ClN/c1-9-3-5-12(10(2)7-9)13-6-4-11(16)8-14(13)15/h3-8H,16H2,1-2H3. The average Bonchev–Trinajstić information content (AvgIpc) is 2.19. The van der Waals surface area contributed by atoms with Gasteiger partial charge in [-0.2, -0.15) is 0 Å². The van der Waals surface area contributed by atoms with Crippen LogP contribution in [-0.2, 0) is 0 Å². The average molecular weight is 232 g/mol. The third kappa shape index (κ3) is 2.05. The molecule has 0 unspecified atom stereocenters. The maximum atomic E-state index is 6.20. The molecule has 0 aromatic heterocycles. The van der Waals surface area contributed by atoms with E-state index in [4.69, 9.17) is 17.3 Å². The van der Waals surface area contributed by atoms with Crippen LogP contribution < -0.4 is 5.73 Å². The zero-order valence-corrected chi connectivity index (χ0v) is 10.2. The lowest BCUT2D eigenvalue weighted by Gasteiger charge is -2.09. The third-order valence-corrected chi connectivity index (χ3v) is 2.98. The summed E-state index contributed by atoms with van der Waals surface area (Å²) in [6.45, 7) is 4.18.